The summed E-state index contributed by atoms with van der Waals surface area (Å²) >= 11 is 0. The van der Waals surface area contributed by atoms with E-state index >= 15 is 0 Å². The molecule has 3 aromatic rings. The highest BCUT2D eigenvalue weighted by Crippen LogP contribution is 2.26. The monoisotopic (exact) mass is 383 g/mol. The summed E-state index contributed by atoms with van der Waals surface area (Å²) in [6, 6.07) is 6.74. The van der Waals surface area contributed by atoms with E-state index in [1.165, 1.54) is 13.2 Å². The van der Waals surface area contributed by atoms with E-state index in [0.29, 0.717) is 30.2 Å². The molecule has 1 atom stereocenters. The van der Waals surface area contributed by atoms with Gasteiger partial charge in [-0.1, -0.05) is 0 Å². The number of nitrogens with zero attached hydrogens (tertiary/aromatic N) is 2. The second-order valence-corrected chi connectivity index (χ2v) is 6.21. The minimum Gasteiger partial charge on any atom is -0.502 e. The second-order valence-electron chi connectivity index (χ2n) is 6.21. The molecule has 0 radical (unpaired) electrons. The molecule has 28 heavy (non-hydrogen) atoms. The van der Waals surface area contributed by atoms with E-state index in [-0.39, 0.29) is 11.5 Å². The number of aromatic hydroxyl groups is 1. The third-order valence-corrected chi connectivity index (χ3v) is 4.25. The number of rotatable bonds is 8. The van der Waals surface area contributed by atoms with Crippen molar-refractivity contribution in [1.82, 2.24) is 14.9 Å². The van der Waals surface area contributed by atoms with Gasteiger partial charge in [0.2, 0.25) is 11.2 Å². The van der Waals surface area contributed by atoms with Crippen LogP contribution in [0.15, 0.2) is 58.3 Å². The number of benzene rings is 1. The summed E-state index contributed by atoms with van der Waals surface area (Å²) in [7, 11) is 1.54. The first-order valence-electron chi connectivity index (χ1n) is 8.70. The van der Waals surface area contributed by atoms with E-state index in [2.05, 4.69) is 10.3 Å². The molecule has 0 saturated heterocycles. The third-order valence-electron chi connectivity index (χ3n) is 4.25. The topological polar surface area (TPSA) is 107 Å². The summed E-state index contributed by atoms with van der Waals surface area (Å²) in [5.41, 5.74) is -0.202. The highest BCUT2D eigenvalue weighted by atomic mass is 16.5. The molecule has 0 bridgehead atoms. The summed E-state index contributed by atoms with van der Waals surface area (Å²) in [5, 5.41) is 13.3. The van der Waals surface area contributed by atoms with Crippen molar-refractivity contribution in [2.75, 3.05) is 13.7 Å². The Labute approximate surface area is 161 Å². The van der Waals surface area contributed by atoms with Crippen LogP contribution in [0.2, 0.25) is 0 Å². The maximum Gasteiger partial charge on any atom is 0.227 e. The maximum absolute atomic E-state index is 13.1. The Kier molecular flexibility index (Phi) is 5.90. The number of nitrogens with one attached hydrogen (secondary N) is 1. The molecule has 2 N–H and O–H groups in total. The predicted molar refractivity (Wildman–Crippen MR) is 102 cm³/mol. The lowest BCUT2D eigenvalue weighted by molar-refractivity contribution is 0.0925. The fourth-order valence-corrected chi connectivity index (χ4v) is 2.80. The van der Waals surface area contributed by atoms with Gasteiger partial charge in [-0.25, -0.2) is 4.98 Å². The zero-order chi connectivity index (χ0) is 20.1. The van der Waals surface area contributed by atoms with Crippen LogP contribution in [-0.2, 0) is 6.54 Å². The fraction of sp³-hybridized carbons (Fsp3) is 0.250. The average molecular weight is 383 g/mol. The number of aryl methyl sites for hydroxylation is 1. The molecule has 0 spiro atoms. The van der Waals surface area contributed by atoms with Gasteiger partial charge in [0.25, 0.3) is 0 Å². The molecule has 0 aliphatic rings. The number of imidazole rings is 1. The van der Waals surface area contributed by atoms with Crippen molar-refractivity contribution in [2.24, 2.45) is 0 Å². The summed E-state index contributed by atoms with van der Waals surface area (Å²) in [6.45, 7) is 2.52. The summed E-state index contributed by atoms with van der Waals surface area (Å²) in [4.78, 5) is 29.1. The normalized spacial score (nSPS) is 11.9. The van der Waals surface area contributed by atoms with Crippen LogP contribution in [0.25, 0.3) is 0 Å². The quantitative estimate of drug-likeness (QED) is 0.574. The van der Waals surface area contributed by atoms with Gasteiger partial charge in [-0.2, -0.15) is 0 Å². The zero-order valence-corrected chi connectivity index (χ0v) is 15.6. The van der Waals surface area contributed by atoms with Crippen molar-refractivity contribution in [3.63, 3.8) is 0 Å². The van der Waals surface area contributed by atoms with E-state index in [1.807, 2.05) is 4.57 Å². The van der Waals surface area contributed by atoms with Crippen molar-refractivity contribution in [3.8, 4) is 11.5 Å². The molecular formula is C20H21N3O5. The summed E-state index contributed by atoms with van der Waals surface area (Å²) in [5.74, 6) is -0.0887. The van der Waals surface area contributed by atoms with Crippen LogP contribution in [0.3, 0.4) is 0 Å². The molecule has 2 aromatic heterocycles. The molecule has 8 heteroatoms. The molecule has 0 aliphatic carbocycles. The van der Waals surface area contributed by atoms with Gasteiger partial charge in [0.15, 0.2) is 11.5 Å². The number of hydrogen-bond acceptors (Lipinski definition) is 7. The zero-order valence-electron chi connectivity index (χ0n) is 15.6. The van der Waals surface area contributed by atoms with Gasteiger partial charge in [0, 0.05) is 37.1 Å². The fourth-order valence-electron chi connectivity index (χ4n) is 2.80. The smallest absolute Gasteiger partial charge is 0.227 e. The number of carbonyl (C=O) groups is 1. The molecule has 2 heterocycles. The Morgan fingerprint density at radius 2 is 2.11 bits per heavy atom. The Morgan fingerprint density at radius 3 is 2.75 bits per heavy atom. The predicted octanol–water partition coefficient (Wildman–Crippen LogP) is 2.07. The third kappa shape index (κ3) is 4.29. The Morgan fingerprint density at radius 1 is 1.36 bits per heavy atom. The van der Waals surface area contributed by atoms with E-state index < -0.39 is 17.2 Å². The van der Waals surface area contributed by atoms with Gasteiger partial charge in [0.05, 0.1) is 13.4 Å². The number of aromatic nitrogens is 2. The first-order valence-corrected chi connectivity index (χ1v) is 8.70. The van der Waals surface area contributed by atoms with Crippen LogP contribution in [-0.4, -0.2) is 34.1 Å². The van der Waals surface area contributed by atoms with Crippen LogP contribution in [0.5, 0.6) is 11.5 Å². The molecular weight excluding hydrogens is 362 g/mol. The van der Waals surface area contributed by atoms with Crippen molar-refractivity contribution in [1.29, 1.82) is 0 Å². The van der Waals surface area contributed by atoms with E-state index in [9.17, 15) is 14.7 Å². The molecule has 0 aliphatic heterocycles. The Hall–Kier alpha value is -3.39. The largest absolute Gasteiger partial charge is 0.502 e. The van der Waals surface area contributed by atoms with Crippen molar-refractivity contribution in [2.45, 2.75) is 19.5 Å². The second kappa shape index (κ2) is 8.53. The van der Waals surface area contributed by atoms with Gasteiger partial charge < -0.3 is 18.8 Å². The lowest BCUT2D eigenvalue weighted by Crippen LogP contribution is -2.32. The van der Waals surface area contributed by atoms with Crippen LogP contribution in [0.1, 0.15) is 27.9 Å². The molecule has 146 valence electrons. The van der Waals surface area contributed by atoms with Crippen molar-refractivity contribution >= 4 is 5.78 Å². The molecule has 3 rings (SSSR count). The Bertz CT molecular complexity index is 994. The number of ketones is 1. The highest BCUT2D eigenvalue weighted by Gasteiger charge is 2.28. The number of carbonyl (C=O) groups excluding carboxylic acids is 1. The van der Waals surface area contributed by atoms with Crippen LogP contribution in [0, 0.1) is 6.92 Å². The van der Waals surface area contributed by atoms with Crippen molar-refractivity contribution in [3.05, 3.63) is 76.4 Å². The van der Waals surface area contributed by atoms with Crippen LogP contribution in [0.4, 0.5) is 0 Å². The SMILES string of the molecule is COc1ccc(C(=O)C(NCCn2ccnc2)c2oc(C)cc(=O)c2O)cc1. The van der Waals surface area contributed by atoms with Gasteiger partial charge in [-0.05, 0) is 31.2 Å². The number of methoxy groups -OCH3 is 1. The van der Waals surface area contributed by atoms with E-state index in [1.54, 1.807) is 49.9 Å². The highest BCUT2D eigenvalue weighted by molar-refractivity contribution is 6.00. The summed E-state index contributed by atoms with van der Waals surface area (Å²) in [6.07, 6.45) is 5.11. The molecule has 0 amide bonds. The number of ether oxygens (including phenoxy) is 1. The maximum atomic E-state index is 13.1. The van der Waals surface area contributed by atoms with Crippen LogP contribution < -0.4 is 15.5 Å². The molecule has 1 unspecified atom stereocenters. The van der Waals surface area contributed by atoms with E-state index in [4.69, 9.17) is 9.15 Å². The van der Waals surface area contributed by atoms with Gasteiger partial charge in [-0.15, -0.1) is 0 Å². The molecule has 0 saturated carbocycles. The van der Waals surface area contributed by atoms with Gasteiger partial charge in [-0.3, -0.25) is 14.9 Å². The number of Topliss-reactive ketones (excluding diaryl/α,β-unsaturated/α-hetero) is 1. The number of hydrogen-bond donors (Lipinski definition) is 2. The summed E-state index contributed by atoms with van der Waals surface area (Å²) < 4.78 is 12.5. The average Bonchev–Trinajstić information content (AvgIpc) is 3.21. The Balaban J connectivity index is 1.91. The lowest BCUT2D eigenvalue weighted by atomic mass is 10.0. The first kappa shape index (κ1) is 19.4. The van der Waals surface area contributed by atoms with Gasteiger partial charge in [0.1, 0.15) is 17.6 Å². The minimum atomic E-state index is -1.02. The van der Waals surface area contributed by atoms with Crippen LogP contribution >= 0.6 is 0 Å². The van der Waals surface area contributed by atoms with Gasteiger partial charge >= 0.3 is 0 Å². The molecule has 0 fully saturated rings. The lowest BCUT2D eigenvalue weighted by Gasteiger charge is -2.18. The molecule has 1 aromatic carbocycles. The minimum absolute atomic E-state index is 0.101. The molecule has 8 nitrogen and oxygen atoms in total. The van der Waals surface area contributed by atoms with Crippen molar-refractivity contribution < 1.29 is 19.1 Å². The van der Waals surface area contributed by atoms with E-state index in [0.717, 1.165) is 0 Å². The first-order chi connectivity index (χ1) is 13.5. The standard InChI is InChI=1S/C20H21N3O5/c1-13-11-16(24)19(26)20(28-13)17(22-8-10-23-9-7-21-12-23)18(25)14-3-5-15(27-2)6-4-14/h3-7,9,11-12,17,22,26H,8,10H2,1-2H3.